The third-order valence-corrected chi connectivity index (χ3v) is 2.53. The van der Waals surface area contributed by atoms with E-state index < -0.39 is 0 Å². The molecule has 0 aliphatic heterocycles. The van der Waals surface area contributed by atoms with Crippen LogP contribution in [0.5, 0.6) is 0 Å². The lowest BCUT2D eigenvalue weighted by Crippen LogP contribution is -2.06. The van der Waals surface area contributed by atoms with E-state index in [1.54, 1.807) is 6.07 Å². The molecule has 17 heavy (non-hydrogen) atoms. The number of rotatable bonds is 4. The van der Waals surface area contributed by atoms with Gasteiger partial charge >= 0.3 is 0 Å². The van der Waals surface area contributed by atoms with Gasteiger partial charge in [0.25, 0.3) is 0 Å². The molecule has 0 spiro atoms. The van der Waals surface area contributed by atoms with Gasteiger partial charge in [0.2, 0.25) is 0 Å². The molecule has 0 aliphatic rings. The molecule has 0 fully saturated rings. The smallest absolute Gasteiger partial charge is 0.141 e. The minimum absolute atomic E-state index is 0.335. The molecule has 2 rings (SSSR count). The van der Waals surface area contributed by atoms with Crippen LogP contribution in [-0.4, -0.2) is 4.98 Å². The third kappa shape index (κ3) is 3.01. The summed E-state index contributed by atoms with van der Waals surface area (Å²) in [5, 5.41) is 3.13. The van der Waals surface area contributed by atoms with Gasteiger partial charge in [-0.25, -0.2) is 9.37 Å². The van der Waals surface area contributed by atoms with E-state index in [0.29, 0.717) is 18.9 Å². The summed E-state index contributed by atoms with van der Waals surface area (Å²) in [5.74, 6) is 0.316. The van der Waals surface area contributed by atoms with Crippen molar-refractivity contribution in [1.29, 1.82) is 0 Å². The van der Waals surface area contributed by atoms with E-state index in [9.17, 15) is 4.39 Å². The van der Waals surface area contributed by atoms with Crippen LogP contribution >= 0.6 is 0 Å². The fourth-order valence-corrected chi connectivity index (χ4v) is 1.60. The lowest BCUT2D eigenvalue weighted by molar-refractivity contribution is 0.621. The highest BCUT2D eigenvalue weighted by molar-refractivity contribution is 5.37. The maximum absolute atomic E-state index is 12.7. The molecule has 0 amide bonds. The predicted octanol–water partition coefficient (Wildman–Crippen LogP) is 2.29. The Morgan fingerprint density at radius 2 is 1.88 bits per heavy atom. The summed E-state index contributed by atoms with van der Waals surface area (Å²) in [4.78, 5) is 3.93. The minimum atomic E-state index is -0.335. The van der Waals surface area contributed by atoms with E-state index in [-0.39, 0.29) is 5.82 Å². The summed E-state index contributed by atoms with van der Waals surface area (Å²) in [7, 11) is 0. The molecule has 0 atom stereocenters. The number of nitrogens with two attached hydrogens (primary N) is 1. The van der Waals surface area contributed by atoms with Crippen LogP contribution in [0.3, 0.4) is 0 Å². The van der Waals surface area contributed by atoms with Crippen molar-refractivity contribution >= 4 is 5.82 Å². The highest BCUT2D eigenvalue weighted by atomic mass is 19.1. The van der Waals surface area contributed by atoms with E-state index in [0.717, 1.165) is 11.1 Å². The normalized spacial score (nSPS) is 10.2. The Morgan fingerprint density at radius 1 is 1.12 bits per heavy atom. The van der Waals surface area contributed by atoms with Crippen molar-refractivity contribution in [1.82, 2.24) is 4.98 Å². The standard InChI is InChI=1S/C13H14FN3/c14-12-5-6-13(17-9-12)16-8-11-4-2-1-3-10(11)7-15/h1-6,9H,7-8,15H2,(H,16,17). The van der Waals surface area contributed by atoms with Gasteiger partial charge in [0.05, 0.1) is 6.20 Å². The van der Waals surface area contributed by atoms with E-state index >= 15 is 0 Å². The second-order valence-corrected chi connectivity index (χ2v) is 3.69. The Balaban J connectivity index is 2.04. The van der Waals surface area contributed by atoms with Crippen LogP contribution in [0.4, 0.5) is 10.2 Å². The van der Waals surface area contributed by atoms with Crippen LogP contribution in [0.25, 0.3) is 0 Å². The highest BCUT2D eigenvalue weighted by Crippen LogP contribution is 2.11. The second kappa shape index (κ2) is 5.41. The average molecular weight is 231 g/mol. The molecule has 0 bridgehead atoms. The molecule has 3 N–H and O–H groups in total. The number of hydrogen-bond acceptors (Lipinski definition) is 3. The van der Waals surface area contributed by atoms with Crippen LogP contribution < -0.4 is 11.1 Å². The topological polar surface area (TPSA) is 50.9 Å². The quantitative estimate of drug-likeness (QED) is 0.848. The lowest BCUT2D eigenvalue weighted by Gasteiger charge is -2.09. The molecule has 1 aromatic carbocycles. The van der Waals surface area contributed by atoms with Crippen molar-refractivity contribution in [2.75, 3.05) is 5.32 Å². The summed E-state index contributed by atoms with van der Waals surface area (Å²) >= 11 is 0. The number of benzene rings is 1. The fraction of sp³-hybridized carbons (Fsp3) is 0.154. The van der Waals surface area contributed by atoms with Crippen molar-refractivity contribution in [2.45, 2.75) is 13.1 Å². The van der Waals surface area contributed by atoms with Crippen molar-refractivity contribution in [2.24, 2.45) is 5.73 Å². The average Bonchev–Trinajstić information content (AvgIpc) is 2.38. The maximum Gasteiger partial charge on any atom is 0.141 e. The Hall–Kier alpha value is -1.94. The van der Waals surface area contributed by atoms with Gasteiger partial charge in [-0.3, -0.25) is 0 Å². The summed E-state index contributed by atoms with van der Waals surface area (Å²) in [5.41, 5.74) is 7.87. The first-order valence-electron chi connectivity index (χ1n) is 5.42. The van der Waals surface area contributed by atoms with E-state index in [1.165, 1.54) is 12.3 Å². The van der Waals surface area contributed by atoms with Gasteiger partial charge in [-0.05, 0) is 23.3 Å². The van der Waals surface area contributed by atoms with Crippen LogP contribution in [0.15, 0.2) is 42.6 Å². The van der Waals surface area contributed by atoms with Crippen LogP contribution in [-0.2, 0) is 13.1 Å². The number of halogens is 1. The number of pyridine rings is 1. The molecule has 3 nitrogen and oxygen atoms in total. The van der Waals surface area contributed by atoms with Crippen LogP contribution in [0.2, 0.25) is 0 Å². The van der Waals surface area contributed by atoms with Crippen LogP contribution in [0.1, 0.15) is 11.1 Å². The molecular formula is C13H14FN3. The summed E-state index contributed by atoms with van der Waals surface area (Å²) in [6, 6.07) is 10.9. The number of nitrogens with zero attached hydrogens (tertiary/aromatic N) is 1. The molecule has 88 valence electrons. The van der Waals surface area contributed by atoms with Crippen LogP contribution in [0, 0.1) is 5.82 Å². The van der Waals surface area contributed by atoms with Crippen molar-refractivity contribution in [3.8, 4) is 0 Å². The maximum atomic E-state index is 12.7. The molecule has 0 unspecified atom stereocenters. The third-order valence-electron chi connectivity index (χ3n) is 2.53. The molecule has 0 aliphatic carbocycles. The fourth-order valence-electron chi connectivity index (χ4n) is 1.60. The predicted molar refractivity (Wildman–Crippen MR) is 65.9 cm³/mol. The van der Waals surface area contributed by atoms with Gasteiger partial charge < -0.3 is 11.1 Å². The van der Waals surface area contributed by atoms with Gasteiger partial charge in [-0.1, -0.05) is 24.3 Å². The Labute approximate surface area is 99.5 Å². The van der Waals surface area contributed by atoms with Gasteiger partial charge in [0.15, 0.2) is 0 Å². The zero-order valence-corrected chi connectivity index (χ0v) is 9.36. The molecule has 4 heteroatoms. The lowest BCUT2D eigenvalue weighted by atomic mass is 10.1. The van der Waals surface area contributed by atoms with Crippen molar-refractivity contribution < 1.29 is 4.39 Å². The van der Waals surface area contributed by atoms with Gasteiger partial charge in [-0.2, -0.15) is 0 Å². The number of anilines is 1. The van der Waals surface area contributed by atoms with Gasteiger partial charge in [0, 0.05) is 13.1 Å². The molecule has 0 saturated carbocycles. The molecule has 1 aromatic heterocycles. The van der Waals surface area contributed by atoms with E-state index in [4.69, 9.17) is 5.73 Å². The summed E-state index contributed by atoms with van der Waals surface area (Å²) in [6.07, 6.45) is 1.19. The SMILES string of the molecule is NCc1ccccc1CNc1ccc(F)cn1. The van der Waals surface area contributed by atoms with Crippen molar-refractivity contribution in [3.63, 3.8) is 0 Å². The number of nitrogens with one attached hydrogen (secondary N) is 1. The summed E-state index contributed by atoms with van der Waals surface area (Å²) < 4.78 is 12.7. The Morgan fingerprint density at radius 3 is 2.53 bits per heavy atom. The van der Waals surface area contributed by atoms with E-state index in [1.807, 2.05) is 24.3 Å². The zero-order valence-electron chi connectivity index (χ0n) is 9.36. The monoisotopic (exact) mass is 231 g/mol. The molecule has 0 radical (unpaired) electrons. The number of aromatic nitrogens is 1. The first-order valence-corrected chi connectivity index (χ1v) is 5.42. The Kier molecular flexibility index (Phi) is 3.67. The largest absolute Gasteiger partial charge is 0.366 e. The van der Waals surface area contributed by atoms with Gasteiger partial charge in [0.1, 0.15) is 11.6 Å². The highest BCUT2D eigenvalue weighted by Gasteiger charge is 2.00. The first kappa shape index (κ1) is 11.5. The Bertz CT molecular complexity index is 482. The molecule has 1 heterocycles. The number of hydrogen-bond donors (Lipinski definition) is 2. The zero-order chi connectivity index (χ0) is 12.1. The molecule has 2 aromatic rings. The summed E-state index contributed by atoms with van der Waals surface area (Å²) in [6.45, 7) is 1.14. The van der Waals surface area contributed by atoms with E-state index in [2.05, 4.69) is 10.3 Å². The second-order valence-electron chi connectivity index (χ2n) is 3.69. The van der Waals surface area contributed by atoms with Gasteiger partial charge in [-0.15, -0.1) is 0 Å². The minimum Gasteiger partial charge on any atom is -0.366 e. The van der Waals surface area contributed by atoms with Crippen molar-refractivity contribution in [3.05, 3.63) is 59.5 Å². The molecular weight excluding hydrogens is 217 g/mol. The first-order chi connectivity index (χ1) is 8.29. The molecule has 0 saturated heterocycles.